The molecule has 3 N–H and O–H groups in total. The second kappa shape index (κ2) is 6.67. The Labute approximate surface area is 108 Å². The van der Waals surface area contributed by atoms with Crippen LogP contribution in [0.3, 0.4) is 0 Å². The van der Waals surface area contributed by atoms with Crippen LogP contribution >= 0.6 is 0 Å². The van der Waals surface area contributed by atoms with Gasteiger partial charge >= 0.3 is 0 Å². The van der Waals surface area contributed by atoms with E-state index in [1.807, 2.05) is 26.0 Å². The van der Waals surface area contributed by atoms with Gasteiger partial charge in [0.05, 0.1) is 25.8 Å². The monoisotopic (exact) mass is 246 g/mol. The SMILES string of the molecule is COc1cc(C)cc(C)c1C#CCNC(=O)CN. The molecule has 0 aliphatic heterocycles. The number of amides is 1. The first kappa shape index (κ1) is 14.1. The molecule has 0 saturated carbocycles. The summed E-state index contributed by atoms with van der Waals surface area (Å²) in [4.78, 5) is 10.9. The normalized spacial score (nSPS) is 9.33. The number of methoxy groups -OCH3 is 1. The highest BCUT2D eigenvalue weighted by atomic mass is 16.5. The Morgan fingerprint density at radius 1 is 1.44 bits per heavy atom. The van der Waals surface area contributed by atoms with Gasteiger partial charge in [-0.2, -0.15) is 0 Å². The first-order valence-corrected chi connectivity index (χ1v) is 5.69. The van der Waals surface area contributed by atoms with Crippen molar-refractivity contribution in [3.8, 4) is 17.6 Å². The van der Waals surface area contributed by atoms with Crippen molar-refractivity contribution in [1.82, 2.24) is 5.32 Å². The van der Waals surface area contributed by atoms with E-state index in [2.05, 4.69) is 17.2 Å². The van der Waals surface area contributed by atoms with Crippen molar-refractivity contribution in [3.63, 3.8) is 0 Å². The van der Waals surface area contributed by atoms with E-state index in [1.165, 1.54) is 0 Å². The van der Waals surface area contributed by atoms with E-state index in [-0.39, 0.29) is 19.0 Å². The van der Waals surface area contributed by atoms with Crippen LogP contribution in [0.1, 0.15) is 16.7 Å². The lowest BCUT2D eigenvalue weighted by Gasteiger charge is -2.07. The van der Waals surface area contributed by atoms with E-state index in [0.717, 1.165) is 22.4 Å². The van der Waals surface area contributed by atoms with E-state index in [0.29, 0.717) is 0 Å². The van der Waals surface area contributed by atoms with Gasteiger partial charge in [0, 0.05) is 0 Å². The predicted octanol–water partition coefficient (Wildman–Crippen LogP) is 0.738. The van der Waals surface area contributed by atoms with Gasteiger partial charge in [0.2, 0.25) is 5.91 Å². The molecule has 1 rings (SSSR count). The molecule has 0 aromatic heterocycles. The van der Waals surface area contributed by atoms with Gasteiger partial charge in [-0.3, -0.25) is 4.79 Å². The summed E-state index contributed by atoms with van der Waals surface area (Å²) in [6.45, 7) is 4.26. The van der Waals surface area contributed by atoms with Crippen LogP contribution in [0.25, 0.3) is 0 Å². The third-order valence-corrected chi connectivity index (χ3v) is 2.44. The molecule has 18 heavy (non-hydrogen) atoms. The summed E-state index contributed by atoms with van der Waals surface area (Å²) in [6.07, 6.45) is 0. The topological polar surface area (TPSA) is 64.3 Å². The lowest BCUT2D eigenvalue weighted by atomic mass is 10.0. The molecule has 4 heteroatoms. The summed E-state index contributed by atoms with van der Waals surface area (Å²) in [5.41, 5.74) is 8.21. The summed E-state index contributed by atoms with van der Waals surface area (Å²) in [5, 5.41) is 2.59. The maximum absolute atomic E-state index is 10.9. The van der Waals surface area contributed by atoms with Crippen molar-refractivity contribution in [2.45, 2.75) is 13.8 Å². The highest BCUT2D eigenvalue weighted by Gasteiger charge is 2.04. The molecule has 0 aliphatic carbocycles. The molecule has 0 heterocycles. The molecule has 0 atom stereocenters. The molecule has 0 bridgehead atoms. The van der Waals surface area contributed by atoms with Gasteiger partial charge in [-0.25, -0.2) is 0 Å². The van der Waals surface area contributed by atoms with Gasteiger partial charge in [0.25, 0.3) is 0 Å². The number of benzene rings is 1. The van der Waals surface area contributed by atoms with Gasteiger partial charge in [-0.05, 0) is 31.0 Å². The quantitative estimate of drug-likeness (QED) is 0.773. The molecule has 1 amide bonds. The van der Waals surface area contributed by atoms with E-state index in [1.54, 1.807) is 7.11 Å². The average molecular weight is 246 g/mol. The zero-order valence-corrected chi connectivity index (χ0v) is 11.0. The first-order chi connectivity index (χ1) is 8.58. The number of carbonyl (C=O) groups excluding carboxylic acids is 1. The van der Waals surface area contributed by atoms with Gasteiger partial charge in [0.15, 0.2) is 0 Å². The fourth-order valence-electron chi connectivity index (χ4n) is 1.60. The molecule has 0 aliphatic rings. The Morgan fingerprint density at radius 3 is 2.78 bits per heavy atom. The molecular weight excluding hydrogens is 228 g/mol. The van der Waals surface area contributed by atoms with Crippen molar-refractivity contribution < 1.29 is 9.53 Å². The Kier molecular flexibility index (Phi) is 5.22. The van der Waals surface area contributed by atoms with E-state index >= 15 is 0 Å². The highest BCUT2D eigenvalue weighted by molar-refractivity contribution is 5.78. The lowest BCUT2D eigenvalue weighted by Crippen LogP contribution is -2.30. The second-order valence-electron chi connectivity index (χ2n) is 3.94. The van der Waals surface area contributed by atoms with Gasteiger partial charge in [-0.15, -0.1) is 0 Å². The van der Waals surface area contributed by atoms with Crippen LogP contribution in [0.4, 0.5) is 0 Å². The Morgan fingerprint density at radius 2 is 2.17 bits per heavy atom. The van der Waals surface area contributed by atoms with Crippen LogP contribution < -0.4 is 15.8 Å². The summed E-state index contributed by atoms with van der Waals surface area (Å²) >= 11 is 0. The van der Waals surface area contributed by atoms with E-state index in [4.69, 9.17) is 10.5 Å². The number of aryl methyl sites for hydroxylation is 2. The lowest BCUT2D eigenvalue weighted by molar-refractivity contribution is -0.119. The minimum Gasteiger partial charge on any atom is -0.495 e. The maximum atomic E-state index is 10.9. The van der Waals surface area contributed by atoms with Gasteiger partial charge in [0.1, 0.15) is 5.75 Å². The minimum atomic E-state index is -0.211. The van der Waals surface area contributed by atoms with Crippen LogP contribution in [-0.4, -0.2) is 26.1 Å². The van der Waals surface area contributed by atoms with Crippen LogP contribution in [0.5, 0.6) is 5.75 Å². The molecule has 0 spiro atoms. The Balaban J connectivity index is 2.84. The standard InChI is InChI=1S/C14H18N2O2/c1-10-7-11(2)12(13(8-10)18-3)5-4-6-16-14(17)9-15/h7-8H,6,9,15H2,1-3H3,(H,16,17). The molecule has 0 radical (unpaired) electrons. The largest absolute Gasteiger partial charge is 0.495 e. The number of rotatable bonds is 3. The molecule has 1 aromatic rings. The number of hydrogen-bond donors (Lipinski definition) is 2. The Hall–Kier alpha value is -1.99. The van der Waals surface area contributed by atoms with Crippen molar-refractivity contribution in [3.05, 3.63) is 28.8 Å². The minimum absolute atomic E-state index is 0.0193. The van der Waals surface area contributed by atoms with Gasteiger partial charge < -0.3 is 15.8 Å². The number of carbonyl (C=O) groups is 1. The van der Waals surface area contributed by atoms with Crippen molar-refractivity contribution >= 4 is 5.91 Å². The van der Waals surface area contributed by atoms with Crippen molar-refractivity contribution in [2.75, 3.05) is 20.2 Å². The molecule has 1 aromatic carbocycles. The van der Waals surface area contributed by atoms with E-state index in [9.17, 15) is 4.79 Å². The second-order valence-corrected chi connectivity index (χ2v) is 3.94. The van der Waals surface area contributed by atoms with Crippen LogP contribution in [-0.2, 0) is 4.79 Å². The van der Waals surface area contributed by atoms with Crippen LogP contribution in [0, 0.1) is 25.7 Å². The van der Waals surface area contributed by atoms with Crippen LogP contribution in [0.15, 0.2) is 12.1 Å². The Bertz CT molecular complexity index is 498. The molecular formula is C14H18N2O2. The zero-order valence-electron chi connectivity index (χ0n) is 11.0. The number of ether oxygens (including phenoxy) is 1. The molecule has 96 valence electrons. The first-order valence-electron chi connectivity index (χ1n) is 5.69. The third kappa shape index (κ3) is 3.79. The highest BCUT2D eigenvalue weighted by Crippen LogP contribution is 2.22. The zero-order chi connectivity index (χ0) is 13.5. The molecule has 0 fully saturated rings. The fraction of sp³-hybridized carbons (Fsp3) is 0.357. The summed E-state index contributed by atoms with van der Waals surface area (Å²) < 4.78 is 5.30. The van der Waals surface area contributed by atoms with Crippen molar-refractivity contribution in [1.29, 1.82) is 0 Å². The van der Waals surface area contributed by atoms with E-state index < -0.39 is 0 Å². The fourth-order valence-corrected chi connectivity index (χ4v) is 1.60. The number of hydrogen-bond acceptors (Lipinski definition) is 3. The smallest absolute Gasteiger partial charge is 0.234 e. The summed E-state index contributed by atoms with van der Waals surface area (Å²) in [7, 11) is 1.62. The summed E-state index contributed by atoms with van der Waals surface area (Å²) in [5.74, 6) is 6.44. The average Bonchev–Trinajstić information content (AvgIpc) is 2.35. The third-order valence-electron chi connectivity index (χ3n) is 2.44. The van der Waals surface area contributed by atoms with Crippen LogP contribution in [0.2, 0.25) is 0 Å². The maximum Gasteiger partial charge on any atom is 0.234 e. The predicted molar refractivity (Wildman–Crippen MR) is 71.4 cm³/mol. The van der Waals surface area contributed by atoms with Gasteiger partial charge in [-0.1, -0.05) is 17.9 Å². The summed E-state index contributed by atoms with van der Waals surface area (Å²) in [6, 6.07) is 3.99. The van der Waals surface area contributed by atoms with Crippen molar-refractivity contribution in [2.24, 2.45) is 5.73 Å². The molecule has 0 saturated heterocycles. The molecule has 0 unspecified atom stereocenters. The number of nitrogens with two attached hydrogens (primary N) is 1. The molecule has 4 nitrogen and oxygen atoms in total. The number of nitrogens with one attached hydrogen (secondary N) is 1.